The monoisotopic (exact) mass is 269 g/mol. The maximum atomic E-state index is 5.81. The Morgan fingerprint density at radius 1 is 1.15 bits per heavy atom. The third kappa shape index (κ3) is 2.40. The third-order valence-corrected chi connectivity index (χ3v) is 2.86. The number of ether oxygens (including phenoxy) is 1. The van der Waals surface area contributed by atoms with Crippen LogP contribution in [0.25, 0.3) is 11.2 Å². The minimum absolute atomic E-state index is 0.457. The third-order valence-electron chi connectivity index (χ3n) is 2.86. The molecule has 3 rings (SSSR count). The van der Waals surface area contributed by atoms with Crippen LogP contribution >= 0.6 is 0 Å². The largest absolute Gasteiger partial charge is 0.471 e. The van der Waals surface area contributed by atoms with E-state index >= 15 is 0 Å². The molecule has 0 aliphatic heterocycles. The maximum Gasteiger partial charge on any atom is 0.245 e. The van der Waals surface area contributed by atoms with E-state index in [2.05, 4.69) is 19.9 Å². The molecule has 0 amide bonds. The van der Waals surface area contributed by atoms with Gasteiger partial charge in [-0.05, 0) is 5.56 Å². The van der Waals surface area contributed by atoms with Crippen LogP contribution in [0.2, 0.25) is 0 Å². The molecule has 0 aliphatic carbocycles. The van der Waals surface area contributed by atoms with Crippen LogP contribution in [0.4, 0.5) is 5.95 Å². The van der Waals surface area contributed by atoms with Crippen molar-refractivity contribution >= 4 is 17.1 Å². The summed E-state index contributed by atoms with van der Waals surface area (Å²) in [5.41, 5.74) is 2.41. The summed E-state index contributed by atoms with van der Waals surface area (Å²) < 4.78 is 5.81. The Morgan fingerprint density at radius 3 is 2.70 bits per heavy atom. The van der Waals surface area contributed by atoms with Gasteiger partial charge in [-0.15, -0.1) is 0 Å². The van der Waals surface area contributed by atoms with Gasteiger partial charge in [-0.2, -0.15) is 9.97 Å². The van der Waals surface area contributed by atoms with Crippen molar-refractivity contribution in [3.63, 3.8) is 0 Å². The van der Waals surface area contributed by atoms with E-state index in [9.17, 15) is 0 Å². The maximum absolute atomic E-state index is 5.81. The number of hydrogen-bond acceptors (Lipinski definition) is 5. The molecular formula is C14H15N5O. The molecule has 0 atom stereocenters. The Bertz CT molecular complexity index is 708. The smallest absolute Gasteiger partial charge is 0.245 e. The van der Waals surface area contributed by atoms with Crippen molar-refractivity contribution in [1.29, 1.82) is 0 Å². The lowest BCUT2D eigenvalue weighted by Gasteiger charge is -2.12. The van der Waals surface area contributed by atoms with E-state index in [0.29, 0.717) is 29.6 Å². The number of anilines is 1. The molecule has 1 N–H and O–H groups in total. The van der Waals surface area contributed by atoms with Crippen molar-refractivity contribution < 1.29 is 4.74 Å². The predicted octanol–water partition coefficient (Wildman–Crippen LogP) is 2.00. The first kappa shape index (κ1) is 12.4. The molecule has 2 aromatic heterocycles. The summed E-state index contributed by atoms with van der Waals surface area (Å²) in [6, 6.07) is 9.97. The molecule has 0 fully saturated rings. The number of nitrogens with one attached hydrogen (secondary N) is 1. The van der Waals surface area contributed by atoms with Gasteiger partial charge in [0.1, 0.15) is 12.1 Å². The number of aromatic amines is 1. The van der Waals surface area contributed by atoms with Gasteiger partial charge in [0.15, 0.2) is 5.65 Å². The highest BCUT2D eigenvalue weighted by molar-refractivity contribution is 5.77. The Hall–Kier alpha value is -2.63. The van der Waals surface area contributed by atoms with Gasteiger partial charge in [0.05, 0.1) is 6.33 Å². The molecule has 1 aromatic carbocycles. The minimum atomic E-state index is 0.457. The second-order valence-corrected chi connectivity index (χ2v) is 4.60. The Labute approximate surface area is 116 Å². The zero-order valence-electron chi connectivity index (χ0n) is 11.4. The number of H-pyrrole nitrogens is 1. The van der Waals surface area contributed by atoms with E-state index in [1.807, 2.05) is 49.3 Å². The summed E-state index contributed by atoms with van der Waals surface area (Å²) in [4.78, 5) is 17.7. The lowest BCUT2D eigenvalue weighted by atomic mass is 10.2. The molecule has 0 spiro atoms. The fourth-order valence-corrected chi connectivity index (χ4v) is 1.83. The van der Waals surface area contributed by atoms with Gasteiger partial charge >= 0.3 is 0 Å². The van der Waals surface area contributed by atoms with Crippen LogP contribution in [0.3, 0.4) is 0 Å². The van der Waals surface area contributed by atoms with Crippen LogP contribution < -0.4 is 9.64 Å². The first-order valence-corrected chi connectivity index (χ1v) is 6.29. The zero-order chi connectivity index (χ0) is 13.9. The Kier molecular flexibility index (Phi) is 3.20. The van der Waals surface area contributed by atoms with Crippen molar-refractivity contribution in [3.8, 4) is 5.88 Å². The molecule has 0 aliphatic rings. The van der Waals surface area contributed by atoms with Crippen molar-refractivity contribution in [1.82, 2.24) is 19.9 Å². The van der Waals surface area contributed by atoms with Crippen LogP contribution in [-0.2, 0) is 6.61 Å². The van der Waals surface area contributed by atoms with E-state index in [1.165, 1.54) is 0 Å². The highest BCUT2D eigenvalue weighted by Crippen LogP contribution is 2.22. The van der Waals surface area contributed by atoms with Crippen LogP contribution in [0.1, 0.15) is 5.56 Å². The van der Waals surface area contributed by atoms with Gasteiger partial charge < -0.3 is 14.6 Å². The summed E-state index contributed by atoms with van der Waals surface area (Å²) >= 11 is 0. The fraction of sp³-hybridized carbons (Fsp3) is 0.214. The second kappa shape index (κ2) is 5.16. The summed E-state index contributed by atoms with van der Waals surface area (Å²) in [6.07, 6.45) is 1.59. The van der Waals surface area contributed by atoms with Gasteiger partial charge in [-0.25, -0.2) is 4.98 Å². The molecule has 6 heteroatoms. The van der Waals surface area contributed by atoms with Crippen LogP contribution in [0, 0.1) is 0 Å². The number of benzene rings is 1. The number of imidazole rings is 1. The molecule has 0 bridgehead atoms. The lowest BCUT2D eigenvalue weighted by Crippen LogP contribution is -2.13. The van der Waals surface area contributed by atoms with E-state index in [1.54, 1.807) is 6.33 Å². The molecule has 0 radical (unpaired) electrons. The first-order chi connectivity index (χ1) is 9.74. The molecule has 20 heavy (non-hydrogen) atoms. The molecule has 102 valence electrons. The number of nitrogens with zero attached hydrogens (tertiary/aromatic N) is 4. The molecular weight excluding hydrogens is 254 g/mol. The average molecular weight is 269 g/mol. The summed E-state index contributed by atoms with van der Waals surface area (Å²) in [7, 11) is 3.77. The minimum Gasteiger partial charge on any atom is -0.471 e. The summed E-state index contributed by atoms with van der Waals surface area (Å²) in [5, 5.41) is 0. The van der Waals surface area contributed by atoms with Gasteiger partial charge in [-0.3, -0.25) is 0 Å². The average Bonchev–Trinajstić information content (AvgIpc) is 2.94. The molecule has 0 saturated carbocycles. The van der Waals surface area contributed by atoms with Gasteiger partial charge in [0.25, 0.3) is 0 Å². The first-order valence-electron chi connectivity index (χ1n) is 6.29. The predicted molar refractivity (Wildman–Crippen MR) is 76.8 cm³/mol. The molecule has 6 nitrogen and oxygen atoms in total. The Morgan fingerprint density at radius 2 is 1.95 bits per heavy atom. The van der Waals surface area contributed by atoms with E-state index < -0.39 is 0 Å². The van der Waals surface area contributed by atoms with Gasteiger partial charge in [0, 0.05) is 14.1 Å². The van der Waals surface area contributed by atoms with Crippen molar-refractivity contribution in [2.75, 3.05) is 19.0 Å². The van der Waals surface area contributed by atoms with Crippen LogP contribution in [-0.4, -0.2) is 34.0 Å². The fourth-order valence-electron chi connectivity index (χ4n) is 1.83. The summed E-state index contributed by atoms with van der Waals surface area (Å²) in [6.45, 7) is 0.457. The second-order valence-electron chi connectivity index (χ2n) is 4.60. The molecule has 0 saturated heterocycles. The van der Waals surface area contributed by atoms with Crippen LogP contribution in [0.5, 0.6) is 5.88 Å². The number of hydrogen-bond donors (Lipinski definition) is 1. The van der Waals surface area contributed by atoms with Crippen molar-refractivity contribution in [2.24, 2.45) is 0 Å². The van der Waals surface area contributed by atoms with Gasteiger partial charge in [-0.1, -0.05) is 30.3 Å². The SMILES string of the molecule is CN(C)c1nc(OCc2ccccc2)c2[nH]cnc2n1. The standard InChI is InChI=1S/C14H15N5O/c1-19(2)14-17-12-11(15-9-16-12)13(18-14)20-8-10-6-4-3-5-7-10/h3-7,9H,8H2,1-2H3,(H,15,16,17,18). The van der Waals surface area contributed by atoms with E-state index in [0.717, 1.165) is 5.56 Å². The van der Waals surface area contributed by atoms with Crippen molar-refractivity contribution in [3.05, 3.63) is 42.2 Å². The van der Waals surface area contributed by atoms with E-state index in [4.69, 9.17) is 4.74 Å². The highest BCUT2D eigenvalue weighted by Gasteiger charge is 2.12. The number of rotatable bonds is 4. The highest BCUT2D eigenvalue weighted by atomic mass is 16.5. The molecule has 0 unspecified atom stereocenters. The molecule has 2 heterocycles. The Balaban J connectivity index is 1.91. The molecule has 3 aromatic rings. The van der Waals surface area contributed by atoms with Crippen LogP contribution in [0.15, 0.2) is 36.7 Å². The zero-order valence-corrected chi connectivity index (χ0v) is 11.4. The lowest BCUT2D eigenvalue weighted by molar-refractivity contribution is 0.297. The quantitative estimate of drug-likeness (QED) is 0.784. The normalized spacial score (nSPS) is 10.7. The topological polar surface area (TPSA) is 66.9 Å². The van der Waals surface area contributed by atoms with Gasteiger partial charge in [0.2, 0.25) is 11.8 Å². The number of fused-ring (bicyclic) bond motifs is 1. The summed E-state index contributed by atoms with van der Waals surface area (Å²) in [5.74, 6) is 1.09. The number of aromatic nitrogens is 4. The van der Waals surface area contributed by atoms with Crippen molar-refractivity contribution in [2.45, 2.75) is 6.61 Å². The van der Waals surface area contributed by atoms with E-state index in [-0.39, 0.29) is 0 Å².